The van der Waals surface area contributed by atoms with Crippen LogP contribution in [-0.2, 0) is 13.2 Å². The molecule has 2 heterocycles. The maximum atomic E-state index is 12.1. The van der Waals surface area contributed by atoms with Crippen LogP contribution in [0.2, 0.25) is 5.02 Å². The highest BCUT2D eigenvalue weighted by Crippen LogP contribution is 2.28. The SMILES string of the molecule is CCn1cc(C(=O)/C=C/c2ccc(COc3ccc(Br)cc3Cl)o2)cn1. The number of hydrogen-bond donors (Lipinski definition) is 0. The Labute approximate surface area is 164 Å². The maximum absolute atomic E-state index is 12.1. The molecule has 0 spiro atoms. The lowest BCUT2D eigenvalue weighted by atomic mass is 10.2. The lowest BCUT2D eigenvalue weighted by Gasteiger charge is -2.06. The molecule has 0 aliphatic carbocycles. The summed E-state index contributed by atoms with van der Waals surface area (Å²) >= 11 is 9.46. The van der Waals surface area contributed by atoms with Crippen LogP contribution in [-0.4, -0.2) is 15.6 Å². The summed E-state index contributed by atoms with van der Waals surface area (Å²) in [5.41, 5.74) is 0.545. The van der Waals surface area contributed by atoms with Gasteiger partial charge in [-0.15, -0.1) is 0 Å². The number of ether oxygens (including phenoxy) is 1. The molecule has 7 heteroatoms. The monoisotopic (exact) mass is 434 g/mol. The zero-order valence-corrected chi connectivity index (χ0v) is 16.3. The van der Waals surface area contributed by atoms with Crippen molar-refractivity contribution in [3.63, 3.8) is 0 Å². The van der Waals surface area contributed by atoms with Crippen molar-refractivity contribution in [2.75, 3.05) is 0 Å². The Morgan fingerprint density at radius 1 is 1.38 bits per heavy atom. The molecule has 0 atom stereocenters. The smallest absolute Gasteiger partial charge is 0.189 e. The van der Waals surface area contributed by atoms with Gasteiger partial charge in [0.15, 0.2) is 5.78 Å². The standard InChI is InChI=1S/C19H16BrClN2O3/c1-2-23-11-13(10-22-23)18(24)7-6-15-4-5-16(26-15)12-25-19-8-3-14(20)9-17(19)21/h3-11H,2,12H2,1H3/b7-6+. The molecule has 5 nitrogen and oxygen atoms in total. The third-order valence-electron chi connectivity index (χ3n) is 3.59. The van der Waals surface area contributed by atoms with Crippen LogP contribution in [0, 0.1) is 0 Å². The summed E-state index contributed by atoms with van der Waals surface area (Å²) in [5.74, 6) is 1.66. The average Bonchev–Trinajstić information content (AvgIpc) is 3.28. The van der Waals surface area contributed by atoms with Gasteiger partial charge in [0, 0.05) is 17.2 Å². The van der Waals surface area contributed by atoms with Gasteiger partial charge in [0.25, 0.3) is 0 Å². The number of rotatable bonds is 7. The van der Waals surface area contributed by atoms with Crippen molar-refractivity contribution in [1.29, 1.82) is 0 Å². The summed E-state index contributed by atoms with van der Waals surface area (Å²) in [6, 6.07) is 8.97. The van der Waals surface area contributed by atoms with Gasteiger partial charge in [0.1, 0.15) is 23.9 Å². The van der Waals surface area contributed by atoms with Crippen molar-refractivity contribution < 1.29 is 13.9 Å². The molecule has 0 saturated carbocycles. The Kier molecular flexibility index (Phi) is 5.96. The zero-order valence-electron chi connectivity index (χ0n) is 14.0. The minimum absolute atomic E-state index is 0.124. The number of furan rings is 1. The summed E-state index contributed by atoms with van der Waals surface area (Å²) in [7, 11) is 0. The van der Waals surface area contributed by atoms with Crippen molar-refractivity contribution >= 4 is 39.4 Å². The number of aryl methyl sites for hydroxylation is 1. The van der Waals surface area contributed by atoms with Crippen molar-refractivity contribution in [1.82, 2.24) is 9.78 Å². The molecule has 0 radical (unpaired) electrons. The first-order valence-electron chi connectivity index (χ1n) is 7.96. The summed E-state index contributed by atoms with van der Waals surface area (Å²) in [6.45, 7) is 2.93. The second-order valence-corrected chi connectivity index (χ2v) is 6.77. The number of carbonyl (C=O) groups excluding carboxylic acids is 1. The normalized spacial score (nSPS) is 11.2. The van der Waals surface area contributed by atoms with E-state index >= 15 is 0 Å². The molecular weight excluding hydrogens is 420 g/mol. The summed E-state index contributed by atoms with van der Waals surface area (Å²) < 4.78 is 13.9. The molecule has 26 heavy (non-hydrogen) atoms. The largest absolute Gasteiger partial charge is 0.484 e. The van der Waals surface area contributed by atoms with Crippen molar-refractivity contribution in [3.8, 4) is 5.75 Å². The average molecular weight is 436 g/mol. The van der Waals surface area contributed by atoms with Crippen molar-refractivity contribution in [2.45, 2.75) is 20.1 Å². The molecule has 0 aliphatic heterocycles. The molecule has 0 N–H and O–H groups in total. The van der Waals surface area contributed by atoms with E-state index in [0.29, 0.717) is 27.9 Å². The van der Waals surface area contributed by atoms with Crippen LogP contribution in [0.1, 0.15) is 28.8 Å². The topological polar surface area (TPSA) is 57.3 Å². The minimum Gasteiger partial charge on any atom is -0.484 e. The van der Waals surface area contributed by atoms with Gasteiger partial charge in [-0.05, 0) is 49.4 Å². The molecule has 0 saturated heterocycles. The fourth-order valence-electron chi connectivity index (χ4n) is 2.22. The first-order chi connectivity index (χ1) is 12.5. The Balaban J connectivity index is 1.59. The third kappa shape index (κ3) is 4.65. The number of ketones is 1. The van der Waals surface area contributed by atoms with Crippen molar-refractivity contribution in [2.24, 2.45) is 0 Å². The highest BCUT2D eigenvalue weighted by molar-refractivity contribution is 9.10. The van der Waals surface area contributed by atoms with Crippen LogP contribution in [0.25, 0.3) is 6.08 Å². The Morgan fingerprint density at radius 2 is 2.23 bits per heavy atom. The number of carbonyl (C=O) groups is 1. The van der Waals surface area contributed by atoms with Crippen LogP contribution >= 0.6 is 27.5 Å². The number of aromatic nitrogens is 2. The van der Waals surface area contributed by atoms with Gasteiger partial charge in [0.2, 0.25) is 0 Å². The van der Waals surface area contributed by atoms with Crippen LogP contribution in [0.4, 0.5) is 0 Å². The van der Waals surface area contributed by atoms with E-state index in [2.05, 4.69) is 21.0 Å². The van der Waals surface area contributed by atoms with E-state index < -0.39 is 0 Å². The van der Waals surface area contributed by atoms with Gasteiger partial charge in [-0.2, -0.15) is 5.10 Å². The highest BCUT2D eigenvalue weighted by atomic mass is 79.9. The van der Waals surface area contributed by atoms with E-state index in [0.717, 1.165) is 11.0 Å². The second kappa shape index (κ2) is 8.38. The maximum Gasteiger partial charge on any atom is 0.189 e. The van der Waals surface area contributed by atoms with Crippen molar-refractivity contribution in [3.05, 3.63) is 75.4 Å². The lowest BCUT2D eigenvalue weighted by molar-refractivity contribution is 0.104. The molecule has 2 aromatic heterocycles. The Bertz CT molecular complexity index is 946. The van der Waals surface area contributed by atoms with Gasteiger partial charge in [-0.1, -0.05) is 27.5 Å². The molecule has 0 fully saturated rings. The Morgan fingerprint density at radius 3 is 2.96 bits per heavy atom. The molecule has 0 amide bonds. The summed E-state index contributed by atoms with van der Waals surface area (Å²) in [6.07, 6.45) is 6.36. The summed E-state index contributed by atoms with van der Waals surface area (Å²) in [5, 5.41) is 4.61. The van der Waals surface area contributed by atoms with E-state index in [9.17, 15) is 4.79 Å². The lowest BCUT2D eigenvalue weighted by Crippen LogP contribution is -1.94. The fraction of sp³-hybridized carbons (Fsp3) is 0.158. The number of hydrogen-bond acceptors (Lipinski definition) is 4. The predicted octanol–water partition coefficient (Wildman–Crippen LogP) is 5.39. The molecule has 3 aromatic rings. The summed E-state index contributed by atoms with van der Waals surface area (Å²) in [4.78, 5) is 12.1. The quantitative estimate of drug-likeness (QED) is 0.369. The van der Waals surface area contributed by atoms with E-state index in [-0.39, 0.29) is 12.4 Å². The number of halogens is 2. The van der Waals surface area contributed by atoms with E-state index in [1.165, 1.54) is 6.08 Å². The van der Waals surface area contributed by atoms with Gasteiger partial charge >= 0.3 is 0 Å². The number of benzene rings is 1. The first-order valence-corrected chi connectivity index (χ1v) is 9.13. The number of allylic oxidation sites excluding steroid dienone is 1. The second-order valence-electron chi connectivity index (χ2n) is 5.45. The van der Waals surface area contributed by atoms with E-state index in [4.69, 9.17) is 20.8 Å². The van der Waals surface area contributed by atoms with Gasteiger partial charge in [0.05, 0.1) is 16.8 Å². The fourth-order valence-corrected chi connectivity index (χ4v) is 2.95. The highest BCUT2D eigenvalue weighted by Gasteiger charge is 2.07. The first kappa shape index (κ1) is 18.5. The predicted molar refractivity (Wildman–Crippen MR) is 103 cm³/mol. The van der Waals surface area contributed by atoms with Gasteiger partial charge < -0.3 is 9.15 Å². The molecule has 134 valence electrons. The van der Waals surface area contributed by atoms with E-state index in [1.807, 2.05) is 13.0 Å². The van der Waals surface area contributed by atoms with Crippen LogP contribution < -0.4 is 4.74 Å². The van der Waals surface area contributed by atoms with E-state index in [1.54, 1.807) is 47.4 Å². The van der Waals surface area contributed by atoms with Crippen LogP contribution in [0.15, 0.2) is 57.7 Å². The zero-order chi connectivity index (χ0) is 18.5. The molecule has 3 rings (SSSR count). The molecule has 1 aromatic carbocycles. The van der Waals surface area contributed by atoms with Gasteiger partial charge in [-0.25, -0.2) is 0 Å². The minimum atomic E-state index is -0.124. The Hall–Kier alpha value is -2.31. The van der Waals surface area contributed by atoms with Gasteiger partial charge in [-0.3, -0.25) is 9.48 Å². The molecular formula is C19H16BrClN2O3. The molecule has 0 bridgehead atoms. The van der Waals surface area contributed by atoms with Crippen LogP contribution in [0.3, 0.4) is 0 Å². The molecule has 0 aliphatic rings. The molecule has 0 unspecified atom stereocenters. The third-order valence-corrected chi connectivity index (χ3v) is 4.38. The number of nitrogens with zero attached hydrogens (tertiary/aromatic N) is 2. The van der Waals surface area contributed by atoms with Crippen LogP contribution in [0.5, 0.6) is 5.75 Å².